The van der Waals surface area contributed by atoms with Crippen LogP contribution in [-0.4, -0.2) is 49.8 Å². The number of para-hydroxylation sites is 2. The summed E-state index contributed by atoms with van der Waals surface area (Å²) in [6.45, 7) is 4.11. The quantitative estimate of drug-likeness (QED) is 0.901. The summed E-state index contributed by atoms with van der Waals surface area (Å²) in [5.41, 5.74) is 0.948. The predicted molar refractivity (Wildman–Crippen MR) is 80.5 cm³/mol. The van der Waals surface area contributed by atoms with E-state index < -0.39 is 6.10 Å². The van der Waals surface area contributed by atoms with E-state index in [0.717, 1.165) is 24.4 Å². The summed E-state index contributed by atoms with van der Waals surface area (Å²) >= 11 is 0. The predicted octanol–water partition coefficient (Wildman–Crippen LogP) is 1.74. The van der Waals surface area contributed by atoms with Gasteiger partial charge < -0.3 is 19.7 Å². The molecule has 1 aromatic carbocycles. The highest BCUT2D eigenvalue weighted by molar-refractivity contribution is 5.83. The van der Waals surface area contributed by atoms with Crippen LogP contribution < -0.4 is 10.1 Å². The lowest BCUT2D eigenvalue weighted by Crippen LogP contribution is -2.53. The molecular formula is C16H22N2O3. The minimum absolute atomic E-state index is 0.0472. The number of nitrogens with one attached hydrogen (secondary N) is 1. The SMILES string of the molecule is COC1CN(C(=O)C2CNc3ccccc3O2)CCC1C. The van der Waals surface area contributed by atoms with Gasteiger partial charge in [0.15, 0.2) is 6.10 Å². The van der Waals surface area contributed by atoms with E-state index in [1.807, 2.05) is 29.2 Å². The zero-order chi connectivity index (χ0) is 14.8. The van der Waals surface area contributed by atoms with Crippen molar-refractivity contribution in [3.05, 3.63) is 24.3 Å². The van der Waals surface area contributed by atoms with Crippen molar-refractivity contribution in [2.75, 3.05) is 32.1 Å². The van der Waals surface area contributed by atoms with E-state index in [2.05, 4.69) is 12.2 Å². The monoisotopic (exact) mass is 290 g/mol. The van der Waals surface area contributed by atoms with Gasteiger partial charge in [-0.05, 0) is 24.5 Å². The highest BCUT2D eigenvalue weighted by atomic mass is 16.5. The third-order valence-electron chi connectivity index (χ3n) is 4.41. The van der Waals surface area contributed by atoms with Crippen LogP contribution in [0.4, 0.5) is 5.69 Å². The van der Waals surface area contributed by atoms with Crippen LogP contribution in [0.2, 0.25) is 0 Å². The van der Waals surface area contributed by atoms with Gasteiger partial charge in [0.2, 0.25) is 0 Å². The van der Waals surface area contributed by atoms with Gasteiger partial charge in [-0.1, -0.05) is 19.1 Å². The molecule has 3 atom stereocenters. The molecule has 1 N–H and O–H groups in total. The molecule has 0 bridgehead atoms. The number of benzene rings is 1. The topological polar surface area (TPSA) is 50.8 Å². The number of rotatable bonds is 2. The van der Waals surface area contributed by atoms with Crippen molar-refractivity contribution in [1.29, 1.82) is 0 Å². The van der Waals surface area contributed by atoms with Gasteiger partial charge in [-0.25, -0.2) is 0 Å². The number of fused-ring (bicyclic) bond motifs is 1. The van der Waals surface area contributed by atoms with Crippen LogP contribution in [0.25, 0.3) is 0 Å². The molecule has 0 radical (unpaired) electrons. The van der Waals surface area contributed by atoms with Crippen LogP contribution in [0, 0.1) is 5.92 Å². The first-order chi connectivity index (χ1) is 10.2. The lowest BCUT2D eigenvalue weighted by molar-refractivity contribution is -0.143. The Morgan fingerprint density at radius 2 is 2.24 bits per heavy atom. The number of carbonyl (C=O) groups excluding carboxylic acids is 1. The van der Waals surface area contributed by atoms with Crippen molar-refractivity contribution in [3.8, 4) is 5.75 Å². The first kappa shape index (κ1) is 14.2. The number of hydrogen-bond acceptors (Lipinski definition) is 4. The lowest BCUT2D eigenvalue weighted by atomic mass is 9.95. The Morgan fingerprint density at radius 3 is 3.05 bits per heavy atom. The van der Waals surface area contributed by atoms with Gasteiger partial charge in [0.1, 0.15) is 5.75 Å². The average Bonchev–Trinajstić information content (AvgIpc) is 2.54. The summed E-state index contributed by atoms with van der Waals surface area (Å²) in [7, 11) is 1.71. The first-order valence-corrected chi connectivity index (χ1v) is 7.50. The number of piperidine rings is 1. The molecule has 114 valence electrons. The van der Waals surface area contributed by atoms with Crippen LogP contribution >= 0.6 is 0 Å². The molecule has 2 heterocycles. The molecule has 0 spiro atoms. The van der Waals surface area contributed by atoms with Gasteiger partial charge >= 0.3 is 0 Å². The maximum Gasteiger partial charge on any atom is 0.265 e. The molecule has 1 fully saturated rings. The van der Waals surface area contributed by atoms with E-state index in [1.165, 1.54) is 0 Å². The van der Waals surface area contributed by atoms with E-state index in [4.69, 9.17) is 9.47 Å². The molecule has 3 unspecified atom stereocenters. The van der Waals surface area contributed by atoms with E-state index in [1.54, 1.807) is 7.11 Å². The summed E-state index contributed by atoms with van der Waals surface area (Å²) < 4.78 is 11.3. The number of anilines is 1. The minimum Gasteiger partial charge on any atom is -0.477 e. The second-order valence-electron chi connectivity index (χ2n) is 5.81. The van der Waals surface area contributed by atoms with Crippen molar-refractivity contribution in [1.82, 2.24) is 4.90 Å². The molecule has 0 aliphatic carbocycles. The van der Waals surface area contributed by atoms with Crippen LogP contribution in [0.1, 0.15) is 13.3 Å². The Morgan fingerprint density at radius 1 is 1.43 bits per heavy atom. The van der Waals surface area contributed by atoms with E-state index in [-0.39, 0.29) is 12.0 Å². The maximum absolute atomic E-state index is 12.6. The molecule has 1 aromatic rings. The Hall–Kier alpha value is -1.75. The summed E-state index contributed by atoms with van der Waals surface area (Å²) in [5, 5.41) is 3.26. The van der Waals surface area contributed by atoms with Crippen molar-refractivity contribution in [3.63, 3.8) is 0 Å². The summed E-state index contributed by atoms with van der Waals surface area (Å²) in [4.78, 5) is 14.5. The van der Waals surface area contributed by atoms with Crippen molar-refractivity contribution < 1.29 is 14.3 Å². The molecule has 1 amide bonds. The summed E-state index contributed by atoms with van der Waals surface area (Å²) in [6, 6.07) is 7.71. The molecule has 2 aliphatic heterocycles. The molecular weight excluding hydrogens is 268 g/mol. The number of ether oxygens (including phenoxy) is 2. The Labute approximate surface area is 125 Å². The third-order valence-corrected chi connectivity index (χ3v) is 4.41. The van der Waals surface area contributed by atoms with E-state index in [9.17, 15) is 4.79 Å². The molecule has 0 aromatic heterocycles. The van der Waals surface area contributed by atoms with E-state index in [0.29, 0.717) is 19.0 Å². The fourth-order valence-electron chi connectivity index (χ4n) is 3.00. The highest BCUT2D eigenvalue weighted by Gasteiger charge is 2.34. The van der Waals surface area contributed by atoms with Gasteiger partial charge in [-0.15, -0.1) is 0 Å². The highest BCUT2D eigenvalue weighted by Crippen LogP contribution is 2.29. The number of hydrogen-bond donors (Lipinski definition) is 1. The standard InChI is InChI=1S/C16H22N2O3/c1-11-7-8-18(10-15(11)20-2)16(19)14-9-17-12-5-3-4-6-13(12)21-14/h3-6,11,14-15,17H,7-10H2,1-2H3. The maximum atomic E-state index is 12.6. The summed E-state index contributed by atoms with van der Waals surface area (Å²) in [5.74, 6) is 1.28. The first-order valence-electron chi connectivity index (χ1n) is 7.50. The zero-order valence-electron chi connectivity index (χ0n) is 12.5. The van der Waals surface area contributed by atoms with E-state index >= 15 is 0 Å². The largest absolute Gasteiger partial charge is 0.477 e. The normalized spacial score (nSPS) is 28.3. The lowest BCUT2D eigenvalue weighted by Gasteiger charge is -2.38. The molecule has 1 saturated heterocycles. The van der Waals surface area contributed by atoms with Crippen LogP contribution in [0.15, 0.2) is 24.3 Å². The van der Waals surface area contributed by atoms with Crippen LogP contribution in [0.3, 0.4) is 0 Å². The Balaban J connectivity index is 1.67. The molecule has 0 saturated carbocycles. The van der Waals surface area contributed by atoms with Crippen LogP contribution in [-0.2, 0) is 9.53 Å². The number of amides is 1. The minimum atomic E-state index is -0.453. The molecule has 2 aliphatic rings. The zero-order valence-corrected chi connectivity index (χ0v) is 12.5. The molecule has 5 heteroatoms. The van der Waals surface area contributed by atoms with Crippen LogP contribution in [0.5, 0.6) is 5.75 Å². The third kappa shape index (κ3) is 2.83. The fraction of sp³-hybridized carbons (Fsp3) is 0.562. The fourth-order valence-corrected chi connectivity index (χ4v) is 3.00. The summed E-state index contributed by atoms with van der Waals surface area (Å²) in [6.07, 6.45) is 0.637. The van der Waals surface area contributed by atoms with Crippen molar-refractivity contribution in [2.24, 2.45) is 5.92 Å². The molecule has 3 rings (SSSR count). The number of methoxy groups -OCH3 is 1. The van der Waals surface area contributed by atoms with Crippen molar-refractivity contribution in [2.45, 2.75) is 25.6 Å². The van der Waals surface area contributed by atoms with Gasteiger partial charge in [-0.3, -0.25) is 4.79 Å². The number of nitrogens with zero attached hydrogens (tertiary/aromatic N) is 1. The van der Waals surface area contributed by atoms with Crippen molar-refractivity contribution >= 4 is 11.6 Å². The number of likely N-dealkylation sites (tertiary alicyclic amines) is 1. The molecule has 5 nitrogen and oxygen atoms in total. The number of carbonyl (C=O) groups is 1. The second kappa shape index (κ2) is 5.93. The van der Waals surface area contributed by atoms with Gasteiger partial charge in [0.25, 0.3) is 5.91 Å². The Bertz CT molecular complexity index is 520. The van der Waals surface area contributed by atoms with Gasteiger partial charge in [0, 0.05) is 20.2 Å². The van der Waals surface area contributed by atoms with Gasteiger partial charge in [0.05, 0.1) is 18.3 Å². The smallest absolute Gasteiger partial charge is 0.265 e. The Kier molecular flexibility index (Phi) is 4.01. The molecule has 21 heavy (non-hydrogen) atoms. The average molecular weight is 290 g/mol. The second-order valence-corrected chi connectivity index (χ2v) is 5.81. The van der Waals surface area contributed by atoms with Gasteiger partial charge in [-0.2, -0.15) is 0 Å².